The molecule has 1 N–H and O–H groups in total. The molecule has 2 saturated heterocycles. The lowest BCUT2D eigenvalue weighted by atomic mass is 10.2. The van der Waals surface area contributed by atoms with Crippen LogP contribution >= 0.6 is 11.8 Å². The van der Waals surface area contributed by atoms with Crippen LogP contribution in [0.15, 0.2) is 0 Å². The number of nitrogens with zero attached hydrogens (tertiary/aromatic N) is 2. The lowest BCUT2D eigenvalue weighted by Crippen LogP contribution is -2.50. The fraction of sp³-hybridized carbons (Fsp3) is 0.800. The lowest BCUT2D eigenvalue weighted by Gasteiger charge is -2.32. The van der Waals surface area contributed by atoms with Crippen molar-refractivity contribution in [3.8, 4) is 0 Å². The molecule has 2 amide bonds. The third kappa shape index (κ3) is 2.26. The van der Waals surface area contributed by atoms with Crippen molar-refractivity contribution >= 4 is 23.8 Å². The van der Waals surface area contributed by atoms with Crippen molar-refractivity contribution in [1.82, 2.24) is 9.80 Å². The summed E-state index contributed by atoms with van der Waals surface area (Å²) in [5.74, 6) is 1.03. The predicted molar refractivity (Wildman–Crippen MR) is 61.7 cm³/mol. The Morgan fingerprint density at radius 3 is 2.50 bits per heavy atom. The third-order valence-electron chi connectivity index (χ3n) is 3.07. The van der Waals surface area contributed by atoms with Gasteiger partial charge in [0.25, 0.3) is 0 Å². The van der Waals surface area contributed by atoms with Crippen LogP contribution in [0.5, 0.6) is 0 Å². The molecule has 0 radical (unpaired) electrons. The molecule has 2 fully saturated rings. The number of hydrogen-bond donors (Lipinski definition) is 1. The summed E-state index contributed by atoms with van der Waals surface area (Å²) >= 11 is 1.84. The van der Waals surface area contributed by atoms with Crippen LogP contribution in [0.25, 0.3) is 0 Å². The van der Waals surface area contributed by atoms with Crippen LogP contribution in [-0.4, -0.2) is 64.1 Å². The van der Waals surface area contributed by atoms with E-state index in [0.717, 1.165) is 31.0 Å². The number of rotatable bonds is 1. The largest absolute Gasteiger partial charge is 0.480 e. The van der Waals surface area contributed by atoms with Gasteiger partial charge in [0, 0.05) is 31.1 Å². The van der Waals surface area contributed by atoms with Gasteiger partial charge >= 0.3 is 12.0 Å². The summed E-state index contributed by atoms with van der Waals surface area (Å²) in [6, 6.07) is -0.702. The molecule has 0 aromatic carbocycles. The minimum Gasteiger partial charge on any atom is -0.480 e. The second-order valence-corrected chi connectivity index (χ2v) is 5.30. The van der Waals surface area contributed by atoms with Crippen LogP contribution < -0.4 is 0 Å². The van der Waals surface area contributed by atoms with Gasteiger partial charge in [-0.1, -0.05) is 0 Å². The van der Waals surface area contributed by atoms with Gasteiger partial charge in [-0.25, -0.2) is 9.59 Å². The summed E-state index contributed by atoms with van der Waals surface area (Å²) in [5, 5.41) is 9.01. The molecule has 0 aromatic rings. The summed E-state index contributed by atoms with van der Waals surface area (Å²) < 4.78 is 0. The van der Waals surface area contributed by atoms with Crippen molar-refractivity contribution in [2.45, 2.75) is 18.9 Å². The highest BCUT2D eigenvalue weighted by Gasteiger charge is 2.36. The summed E-state index contributed by atoms with van der Waals surface area (Å²) in [4.78, 5) is 26.4. The van der Waals surface area contributed by atoms with Gasteiger partial charge in [-0.3, -0.25) is 0 Å². The fourth-order valence-corrected chi connectivity index (χ4v) is 3.09. The highest BCUT2D eigenvalue weighted by atomic mass is 32.2. The second-order valence-electron chi connectivity index (χ2n) is 4.07. The monoisotopic (exact) mass is 244 g/mol. The lowest BCUT2D eigenvalue weighted by molar-refractivity contribution is -0.141. The van der Waals surface area contributed by atoms with Crippen molar-refractivity contribution in [3.05, 3.63) is 0 Å². The zero-order chi connectivity index (χ0) is 11.5. The number of amides is 2. The van der Waals surface area contributed by atoms with Gasteiger partial charge in [0.2, 0.25) is 0 Å². The number of carboxylic acid groups (broad SMARTS) is 1. The van der Waals surface area contributed by atoms with E-state index in [4.69, 9.17) is 5.11 Å². The predicted octanol–water partition coefficient (Wildman–Crippen LogP) is 0.704. The van der Waals surface area contributed by atoms with Crippen LogP contribution in [0.2, 0.25) is 0 Å². The summed E-state index contributed by atoms with van der Waals surface area (Å²) in [5.41, 5.74) is 0. The Balaban J connectivity index is 1.99. The Morgan fingerprint density at radius 1 is 1.19 bits per heavy atom. The van der Waals surface area contributed by atoms with Crippen LogP contribution in [-0.2, 0) is 4.79 Å². The number of urea groups is 1. The quantitative estimate of drug-likeness (QED) is 0.737. The van der Waals surface area contributed by atoms with Gasteiger partial charge in [0.05, 0.1) is 0 Å². The van der Waals surface area contributed by atoms with Gasteiger partial charge in [0.1, 0.15) is 6.04 Å². The standard InChI is InChI=1S/C10H16N2O3S/c13-9(14)8-2-1-3-12(8)10(15)11-4-6-16-7-5-11/h8H,1-7H2,(H,13,14). The average molecular weight is 244 g/mol. The number of carbonyl (C=O) groups excluding carboxylic acids is 1. The Bertz CT molecular complexity index is 292. The first-order valence-electron chi connectivity index (χ1n) is 5.56. The third-order valence-corrected chi connectivity index (χ3v) is 4.01. The van der Waals surface area contributed by atoms with Gasteiger partial charge in [-0.05, 0) is 12.8 Å². The summed E-state index contributed by atoms with van der Waals surface area (Å²) in [7, 11) is 0. The van der Waals surface area contributed by atoms with Gasteiger partial charge in [-0.2, -0.15) is 11.8 Å². The summed E-state index contributed by atoms with van der Waals surface area (Å²) in [6.45, 7) is 2.07. The maximum absolute atomic E-state index is 12.1. The van der Waals surface area contributed by atoms with Crippen LogP contribution in [0, 0.1) is 0 Å². The molecule has 2 rings (SSSR count). The van der Waals surface area contributed by atoms with Gasteiger partial charge in [-0.15, -0.1) is 0 Å². The van der Waals surface area contributed by atoms with E-state index in [1.807, 2.05) is 11.8 Å². The Hall–Kier alpha value is -0.910. The van der Waals surface area contributed by atoms with E-state index in [1.54, 1.807) is 4.90 Å². The first-order chi connectivity index (χ1) is 7.70. The highest BCUT2D eigenvalue weighted by molar-refractivity contribution is 7.99. The molecule has 2 heterocycles. The molecule has 0 aliphatic carbocycles. The number of aliphatic carboxylic acids is 1. The van der Waals surface area contributed by atoms with E-state index in [9.17, 15) is 9.59 Å². The molecule has 2 aliphatic rings. The molecule has 90 valence electrons. The van der Waals surface area contributed by atoms with Crippen molar-refractivity contribution < 1.29 is 14.7 Å². The van der Waals surface area contributed by atoms with E-state index in [-0.39, 0.29) is 6.03 Å². The first-order valence-corrected chi connectivity index (χ1v) is 6.71. The van der Waals surface area contributed by atoms with E-state index >= 15 is 0 Å². The molecule has 0 aromatic heterocycles. The van der Waals surface area contributed by atoms with Crippen LogP contribution in [0.1, 0.15) is 12.8 Å². The molecular weight excluding hydrogens is 228 g/mol. The molecule has 1 atom stereocenters. The smallest absolute Gasteiger partial charge is 0.326 e. The van der Waals surface area contributed by atoms with Crippen molar-refractivity contribution in [2.75, 3.05) is 31.1 Å². The molecule has 6 heteroatoms. The van der Waals surface area contributed by atoms with Crippen LogP contribution in [0.4, 0.5) is 4.79 Å². The second kappa shape index (κ2) is 4.95. The van der Waals surface area contributed by atoms with Crippen molar-refractivity contribution in [2.24, 2.45) is 0 Å². The number of thioether (sulfide) groups is 1. The van der Waals surface area contributed by atoms with E-state index in [0.29, 0.717) is 13.0 Å². The molecule has 16 heavy (non-hydrogen) atoms. The number of carbonyl (C=O) groups is 2. The van der Waals surface area contributed by atoms with Crippen molar-refractivity contribution in [1.29, 1.82) is 0 Å². The van der Waals surface area contributed by atoms with E-state index in [2.05, 4.69) is 0 Å². The number of hydrogen-bond acceptors (Lipinski definition) is 3. The Kier molecular flexibility index (Phi) is 3.58. The van der Waals surface area contributed by atoms with Gasteiger partial charge in [0.15, 0.2) is 0 Å². The zero-order valence-corrected chi connectivity index (χ0v) is 9.91. The molecule has 2 aliphatic heterocycles. The topological polar surface area (TPSA) is 60.9 Å². The van der Waals surface area contributed by atoms with Crippen molar-refractivity contribution in [3.63, 3.8) is 0 Å². The van der Waals surface area contributed by atoms with Gasteiger partial charge < -0.3 is 14.9 Å². The van der Waals surface area contributed by atoms with E-state index in [1.165, 1.54) is 4.90 Å². The minimum atomic E-state index is -0.878. The van der Waals surface area contributed by atoms with Crippen LogP contribution in [0.3, 0.4) is 0 Å². The zero-order valence-electron chi connectivity index (χ0n) is 9.09. The first kappa shape index (κ1) is 11.6. The van der Waals surface area contributed by atoms with E-state index < -0.39 is 12.0 Å². The summed E-state index contributed by atoms with van der Waals surface area (Å²) in [6.07, 6.45) is 1.38. The minimum absolute atomic E-state index is 0.0924. The molecule has 1 unspecified atom stereocenters. The molecule has 5 nitrogen and oxygen atoms in total. The molecule has 0 saturated carbocycles. The molecule has 0 spiro atoms. The Morgan fingerprint density at radius 2 is 1.88 bits per heavy atom. The molecular formula is C10H16N2O3S. The Labute approximate surface area is 98.8 Å². The number of likely N-dealkylation sites (tertiary alicyclic amines) is 1. The SMILES string of the molecule is O=C(O)C1CCCN1C(=O)N1CCSCC1. The average Bonchev–Trinajstić information content (AvgIpc) is 2.78. The maximum atomic E-state index is 12.1. The fourth-order valence-electron chi connectivity index (χ4n) is 2.19. The molecule has 0 bridgehead atoms. The normalized spacial score (nSPS) is 25.9. The maximum Gasteiger partial charge on any atom is 0.326 e. The number of carboxylic acids is 1. The highest BCUT2D eigenvalue weighted by Crippen LogP contribution is 2.20.